The molecule has 22 heavy (non-hydrogen) atoms. The van der Waals surface area contributed by atoms with Crippen molar-refractivity contribution in [1.29, 1.82) is 0 Å². The number of nitrogens with zero attached hydrogens (tertiary/aromatic N) is 4. The predicted octanol–water partition coefficient (Wildman–Crippen LogP) is 2.35. The normalized spacial score (nSPS) is 14.6. The van der Waals surface area contributed by atoms with E-state index in [4.69, 9.17) is 4.42 Å². The molecule has 0 aromatic carbocycles. The van der Waals surface area contributed by atoms with Crippen LogP contribution in [0.2, 0.25) is 0 Å². The smallest absolute Gasteiger partial charge is 0.278 e. The van der Waals surface area contributed by atoms with Crippen molar-refractivity contribution in [2.24, 2.45) is 5.92 Å². The molecule has 0 N–H and O–H groups in total. The molecule has 0 radical (unpaired) electrons. The first kappa shape index (κ1) is 13.1. The third-order valence-corrected chi connectivity index (χ3v) is 3.67. The lowest BCUT2D eigenvalue weighted by Gasteiger charge is -2.04. The molecule has 3 heterocycles. The van der Waals surface area contributed by atoms with E-state index < -0.39 is 6.01 Å². The maximum absolute atomic E-state index is 13.1. The van der Waals surface area contributed by atoms with Gasteiger partial charge >= 0.3 is 0 Å². The number of ketones is 1. The van der Waals surface area contributed by atoms with Gasteiger partial charge in [-0.25, -0.2) is 9.97 Å². The fourth-order valence-corrected chi connectivity index (χ4v) is 2.46. The van der Waals surface area contributed by atoms with Crippen LogP contribution in [0.15, 0.2) is 22.6 Å². The Bertz CT molecular complexity index is 879. The standard InChI is InChI=1S/C15H13FN4O2/c1-8-17-14-7-10(6-11(21)9-2-3-9)18-15(20(14)19-8)12-4-5-13(16)22-12/h4-5,7,9H,2-3,6H2,1H3. The Kier molecular flexibility index (Phi) is 2.82. The summed E-state index contributed by atoms with van der Waals surface area (Å²) in [5.41, 5.74) is 1.17. The Morgan fingerprint density at radius 2 is 2.23 bits per heavy atom. The van der Waals surface area contributed by atoms with Crippen molar-refractivity contribution in [3.8, 4) is 11.6 Å². The van der Waals surface area contributed by atoms with Crippen LogP contribution in [-0.2, 0) is 11.2 Å². The monoisotopic (exact) mass is 300 g/mol. The summed E-state index contributed by atoms with van der Waals surface area (Å²) in [5, 5.41) is 4.24. The van der Waals surface area contributed by atoms with Crippen molar-refractivity contribution in [2.45, 2.75) is 26.2 Å². The van der Waals surface area contributed by atoms with Gasteiger partial charge in [-0.2, -0.15) is 8.91 Å². The number of hydrogen-bond acceptors (Lipinski definition) is 5. The van der Waals surface area contributed by atoms with E-state index in [1.165, 1.54) is 16.6 Å². The van der Waals surface area contributed by atoms with Gasteiger partial charge in [0, 0.05) is 24.5 Å². The number of aromatic nitrogens is 4. The molecule has 1 fully saturated rings. The molecule has 0 saturated heterocycles. The molecular formula is C15H13FN4O2. The summed E-state index contributed by atoms with van der Waals surface area (Å²) in [5.74, 6) is 1.53. The second-order valence-electron chi connectivity index (χ2n) is 5.52. The molecule has 3 aromatic heterocycles. The van der Waals surface area contributed by atoms with Gasteiger partial charge in [-0.3, -0.25) is 4.79 Å². The Labute approximate surface area is 125 Å². The third kappa shape index (κ3) is 2.28. The van der Waals surface area contributed by atoms with Crippen LogP contribution in [0, 0.1) is 18.9 Å². The molecule has 1 aliphatic rings. The van der Waals surface area contributed by atoms with Crippen molar-refractivity contribution in [2.75, 3.05) is 0 Å². The van der Waals surface area contributed by atoms with Crippen molar-refractivity contribution < 1.29 is 13.6 Å². The minimum absolute atomic E-state index is 0.169. The van der Waals surface area contributed by atoms with Gasteiger partial charge in [0.25, 0.3) is 6.01 Å². The van der Waals surface area contributed by atoms with Crippen molar-refractivity contribution in [1.82, 2.24) is 19.6 Å². The van der Waals surface area contributed by atoms with Crippen LogP contribution in [0.4, 0.5) is 4.39 Å². The SMILES string of the molecule is Cc1nc2cc(CC(=O)C3CC3)nc(-c3ccc(F)o3)n2n1. The summed E-state index contributed by atoms with van der Waals surface area (Å²) >= 11 is 0. The molecule has 0 atom stereocenters. The molecule has 1 aliphatic carbocycles. The van der Waals surface area contributed by atoms with Gasteiger partial charge in [0.1, 0.15) is 11.6 Å². The minimum Gasteiger partial charge on any atom is -0.428 e. The zero-order valence-corrected chi connectivity index (χ0v) is 11.9. The maximum Gasteiger partial charge on any atom is 0.278 e. The topological polar surface area (TPSA) is 73.3 Å². The van der Waals surface area contributed by atoms with E-state index in [1.807, 2.05) is 0 Å². The summed E-state index contributed by atoms with van der Waals surface area (Å²) in [6.45, 7) is 1.76. The molecular weight excluding hydrogens is 287 g/mol. The van der Waals surface area contributed by atoms with Gasteiger partial charge in [0.2, 0.25) is 0 Å². The highest BCUT2D eigenvalue weighted by atomic mass is 19.1. The Balaban J connectivity index is 1.83. The zero-order chi connectivity index (χ0) is 15.3. The lowest BCUT2D eigenvalue weighted by Crippen LogP contribution is -2.09. The fraction of sp³-hybridized carbons (Fsp3) is 0.333. The van der Waals surface area contributed by atoms with Gasteiger partial charge in [0.05, 0.1) is 5.69 Å². The van der Waals surface area contributed by atoms with E-state index in [2.05, 4.69) is 15.1 Å². The minimum atomic E-state index is -0.693. The maximum atomic E-state index is 13.1. The lowest BCUT2D eigenvalue weighted by molar-refractivity contribution is -0.119. The second-order valence-corrected chi connectivity index (χ2v) is 5.52. The zero-order valence-electron chi connectivity index (χ0n) is 11.9. The number of carbonyl (C=O) groups excluding carboxylic acids is 1. The number of aryl methyl sites for hydroxylation is 1. The number of furan rings is 1. The summed E-state index contributed by atoms with van der Waals surface area (Å²) in [4.78, 5) is 20.7. The molecule has 112 valence electrons. The summed E-state index contributed by atoms with van der Waals surface area (Å²) in [6.07, 6.45) is 2.17. The molecule has 0 aliphatic heterocycles. The van der Waals surface area contributed by atoms with E-state index in [1.54, 1.807) is 13.0 Å². The first-order valence-corrected chi connectivity index (χ1v) is 7.12. The summed E-state index contributed by atoms with van der Waals surface area (Å²) in [7, 11) is 0. The van der Waals surface area contributed by atoms with E-state index >= 15 is 0 Å². The molecule has 6 nitrogen and oxygen atoms in total. The molecule has 3 aromatic rings. The Hall–Kier alpha value is -2.57. The van der Waals surface area contributed by atoms with Gasteiger partial charge in [-0.05, 0) is 25.8 Å². The number of fused-ring (bicyclic) bond motifs is 1. The molecule has 0 bridgehead atoms. The average Bonchev–Trinajstić information content (AvgIpc) is 3.13. The number of hydrogen-bond donors (Lipinski definition) is 0. The first-order chi connectivity index (χ1) is 10.6. The van der Waals surface area contributed by atoms with Gasteiger partial charge in [0.15, 0.2) is 17.2 Å². The van der Waals surface area contributed by atoms with E-state index in [-0.39, 0.29) is 23.9 Å². The number of halogens is 1. The summed E-state index contributed by atoms with van der Waals surface area (Å²) in [6, 6.07) is 3.75. The van der Waals surface area contributed by atoms with Crippen LogP contribution in [0.1, 0.15) is 24.4 Å². The van der Waals surface area contributed by atoms with Crippen LogP contribution in [-0.4, -0.2) is 25.4 Å². The summed E-state index contributed by atoms with van der Waals surface area (Å²) < 4.78 is 19.7. The van der Waals surface area contributed by atoms with Crippen molar-refractivity contribution >= 4 is 11.4 Å². The highest BCUT2D eigenvalue weighted by molar-refractivity contribution is 5.85. The van der Waals surface area contributed by atoms with Crippen LogP contribution in [0.3, 0.4) is 0 Å². The predicted molar refractivity (Wildman–Crippen MR) is 74.6 cm³/mol. The van der Waals surface area contributed by atoms with Crippen LogP contribution < -0.4 is 0 Å². The Morgan fingerprint density at radius 1 is 1.41 bits per heavy atom. The molecule has 4 rings (SSSR count). The molecule has 7 heteroatoms. The molecule has 0 amide bonds. The molecule has 0 unspecified atom stereocenters. The van der Waals surface area contributed by atoms with E-state index in [9.17, 15) is 9.18 Å². The molecule has 0 spiro atoms. The molecule has 1 saturated carbocycles. The van der Waals surface area contributed by atoms with Crippen molar-refractivity contribution in [3.05, 3.63) is 35.7 Å². The van der Waals surface area contributed by atoms with Gasteiger partial charge < -0.3 is 4.42 Å². The highest BCUT2D eigenvalue weighted by Gasteiger charge is 2.29. The van der Waals surface area contributed by atoms with Crippen LogP contribution in [0.25, 0.3) is 17.2 Å². The lowest BCUT2D eigenvalue weighted by atomic mass is 10.1. The number of Topliss-reactive ketones (excluding diaryl/α,β-unsaturated/α-hetero) is 1. The first-order valence-electron chi connectivity index (χ1n) is 7.12. The third-order valence-electron chi connectivity index (χ3n) is 3.67. The highest BCUT2D eigenvalue weighted by Crippen LogP contribution is 2.31. The van der Waals surface area contributed by atoms with Crippen molar-refractivity contribution in [3.63, 3.8) is 0 Å². The van der Waals surface area contributed by atoms with E-state index in [0.717, 1.165) is 12.8 Å². The van der Waals surface area contributed by atoms with E-state index in [0.29, 0.717) is 23.0 Å². The number of carbonyl (C=O) groups is 1. The number of rotatable bonds is 4. The largest absolute Gasteiger partial charge is 0.428 e. The van der Waals surface area contributed by atoms with Crippen LogP contribution in [0.5, 0.6) is 0 Å². The second kappa shape index (κ2) is 4.72. The Morgan fingerprint density at radius 3 is 2.91 bits per heavy atom. The van der Waals surface area contributed by atoms with Gasteiger partial charge in [-0.1, -0.05) is 0 Å². The fourth-order valence-electron chi connectivity index (χ4n) is 2.46. The van der Waals surface area contributed by atoms with Gasteiger partial charge in [-0.15, -0.1) is 5.10 Å². The quantitative estimate of drug-likeness (QED) is 0.739. The van der Waals surface area contributed by atoms with Crippen LogP contribution >= 0.6 is 0 Å². The average molecular weight is 300 g/mol.